The van der Waals surface area contributed by atoms with E-state index < -0.39 is 0 Å². The Morgan fingerprint density at radius 3 is 2.82 bits per heavy atom. The highest BCUT2D eigenvalue weighted by molar-refractivity contribution is 6.07. The van der Waals surface area contributed by atoms with Gasteiger partial charge in [0.05, 0.1) is 17.4 Å². The van der Waals surface area contributed by atoms with E-state index in [2.05, 4.69) is 20.4 Å². The van der Waals surface area contributed by atoms with Gasteiger partial charge >= 0.3 is 0 Å². The molecule has 6 nitrogen and oxygen atoms in total. The predicted molar refractivity (Wildman–Crippen MR) is 82.7 cm³/mol. The quantitative estimate of drug-likeness (QED) is 0.615. The second-order valence-electron chi connectivity index (χ2n) is 4.77. The van der Waals surface area contributed by atoms with E-state index >= 15 is 0 Å². The first-order chi connectivity index (χ1) is 10.8. The van der Waals surface area contributed by atoms with E-state index in [-0.39, 0.29) is 5.91 Å². The van der Waals surface area contributed by atoms with Gasteiger partial charge in [-0.1, -0.05) is 18.2 Å². The van der Waals surface area contributed by atoms with Gasteiger partial charge in [-0.25, -0.2) is 9.50 Å². The number of hydrogen-bond donors (Lipinski definition) is 1. The molecule has 0 saturated heterocycles. The zero-order valence-electron chi connectivity index (χ0n) is 11.5. The third-order valence-corrected chi connectivity index (χ3v) is 3.40. The molecule has 3 aromatic heterocycles. The standard InChI is InChI=1S/C16H11N5O/c22-16(13-6-9-17-14-7-10-19-21(13)14)20-12-5-1-3-11-4-2-8-18-15(11)12/h1-10H,(H,20,22). The monoisotopic (exact) mass is 289 g/mol. The molecule has 1 N–H and O–H groups in total. The number of hydrogen-bond acceptors (Lipinski definition) is 4. The van der Waals surface area contributed by atoms with Crippen LogP contribution in [0.3, 0.4) is 0 Å². The Morgan fingerprint density at radius 2 is 1.86 bits per heavy atom. The third kappa shape index (κ3) is 1.98. The molecule has 106 valence electrons. The molecule has 0 atom stereocenters. The molecule has 4 aromatic rings. The Labute approximate surface area is 125 Å². The van der Waals surface area contributed by atoms with Crippen LogP contribution in [-0.2, 0) is 0 Å². The maximum Gasteiger partial charge on any atom is 0.274 e. The summed E-state index contributed by atoms with van der Waals surface area (Å²) < 4.78 is 1.51. The molecule has 1 amide bonds. The number of carbonyl (C=O) groups excluding carboxylic acids is 1. The lowest BCUT2D eigenvalue weighted by Crippen LogP contribution is -2.17. The van der Waals surface area contributed by atoms with Crippen LogP contribution in [0.1, 0.15) is 10.5 Å². The van der Waals surface area contributed by atoms with Gasteiger partial charge in [0.1, 0.15) is 5.69 Å². The molecule has 6 heteroatoms. The minimum atomic E-state index is -0.255. The van der Waals surface area contributed by atoms with Crippen molar-refractivity contribution in [1.29, 1.82) is 0 Å². The summed E-state index contributed by atoms with van der Waals surface area (Å²) in [6.45, 7) is 0. The zero-order chi connectivity index (χ0) is 14.9. The maximum atomic E-state index is 12.5. The van der Waals surface area contributed by atoms with Crippen LogP contribution >= 0.6 is 0 Å². The Balaban J connectivity index is 1.76. The van der Waals surface area contributed by atoms with Crippen LogP contribution in [0.5, 0.6) is 0 Å². The van der Waals surface area contributed by atoms with Crippen molar-refractivity contribution in [3.8, 4) is 0 Å². The first-order valence-electron chi connectivity index (χ1n) is 6.77. The van der Waals surface area contributed by atoms with Gasteiger partial charge in [0.15, 0.2) is 5.65 Å². The lowest BCUT2D eigenvalue weighted by atomic mass is 10.2. The van der Waals surface area contributed by atoms with Crippen LogP contribution in [0.4, 0.5) is 5.69 Å². The molecule has 0 aliphatic carbocycles. The van der Waals surface area contributed by atoms with Crippen LogP contribution in [0.25, 0.3) is 16.6 Å². The molecule has 4 rings (SSSR count). The molecule has 0 radical (unpaired) electrons. The van der Waals surface area contributed by atoms with Crippen LogP contribution in [0.2, 0.25) is 0 Å². The molecule has 0 bridgehead atoms. The van der Waals surface area contributed by atoms with E-state index in [1.165, 1.54) is 4.52 Å². The van der Waals surface area contributed by atoms with Crippen LogP contribution in [0.15, 0.2) is 61.1 Å². The summed E-state index contributed by atoms with van der Waals surface area (Å²) in [5.41, 5.74) is 2.47. The molecular weight excluding hydrogens is 278 g/mol. The largest absolute Gasteiger partial charge is 0.319 e. The smallest absolute Gasteiger partial charge is 0.274 e. The Kier molecular flexibility index (Phi) is 2.79. The van der Waals surface area contributed by atoms with Crippen molar-refractivity contribution >= 4 is 28.1 Å². The molecule has 0 spiro atoms. The number of fused-ring (bicyclic) bond motifs is 2. The summed E-state index contributed by atoms with van der Waals surface area (Å²) in [6.07, 6.45) is 4.90. The van der Waals surface area contributed by atoms with Crippen molar-refractivity contribution in [3.05, 3.63) is 66.7 Å². The molecule has 0 aliphatic rings. The molecule has 0 fully saturated rings. The minimum Gasteiger partial charge on any atom is -0.319 e. The molecular formula is C16H11N5O. The number of pyridine rings is 1. The molecule has 3 heterocycles. The molecule has 0 saturated carbocycles. The molecule has 0 aliphatic heterocycles. The highest BCUT2D eigenvalue weighted by Gasteiger charge is 2.13. The maximum absolute atomic E-state index is 12.5. The van der Waals surface area contributed by atoms with Crippen molar-refractivity contribution in [2.24, 2.45) is 0 Å². The Hall–Kier alpha value is -3.28. The third-order valence-electron chi connectivity index (χ3n) is 3.40. The second-order valence-corrected chi connectivity index (χ2v) is 4.77. The number of aromatic nitrogens is 4. The van der Waals surface area contributed by atoms with E-state index in [1.807, 2.05) is 30.3 Å². The van der Waals surface area contributed by atoms with E-state index in [0.717, 1.165) is 10.9 Å². The lowest BCUT2D eigenvalue weighted by molar-refractivity contribution is 0.102. The van der Waals surface area contributed by atoms with Gasteiger partial charge in [-0.3, -0.25) is 9.78 Å². The van der Waals surface area contributed by atoms with Crippen LogP contribution in [-0.4, -0.2) is 25.5 Å². The fraction of sp³-hybridized carbons (Fsp3) is 0. The van der Waals surface area contributed by atoms with E-state index in [4.69, 9.17) is 0 Å². The van der Waals surface area contributed by atoms with Gasteiger partial charge in [0, 0.05) is 23.8 Å². The fourth-order valence-electron chi connectivity index (χ4n) is 2.40. The van der Waals surface area contributed by atoms with Gasteiger partial charge in [-0.05, 0) is 18.2 Å². The second kappa shape index (κ2) is 4.92. The molecule has 1 aromatic carbocycles. The predicted octanol–water partition coefficient (Wildman–Crippen LogP) is 2.53. The fourth-order valence-corrected chi connectivity index (χ4v) is 2.40. The first kappa shape index (κ1) is 12.5. The topological polar surface area (TPSA) is 72.2 Å². The first-order valence-corrected chi connectivity index (χ1v) is 6.77. The SMILES string of the molecule is O=C(Nc1cccc2cccnc12)c1ccnc2ccnn12. The number of anilines is 1. The van der Waals surface area contributed by atoms with Crippen LogP contribution < -0.4 is 5.32 Å². The summed E-state index contributed by atoms with van der Waals surface area (Å²) in [5, 5.41) is 7.99. The summed E-state index contributed by atoms with van der Waals surface area (Å²) >= 11 is 0. The van der Waals surface area contributed by atoms with Gasteiger partial charge in [0.2, 0.25) is 0 Å². The number of rotatable bonds is 2. The van der Waals surface area contributed by atoms with Crippen molar-refractivity contribution in [2.45, 2.75) is 0 Å². The van der Waals surface area contributed by atoms with Crippen LogP contribution in [0, 0.1) is 0 Å². The number of nitrogens with one attached hydrogen (secondary N) is 1. The van der Waals surface area contributed by atoms with Gasteiger partial charge < -0.3 is 5.32 Å². The lowest BCUT2D eigenvalue weighted by Gasteiger charge is -2.08. The number of amides is 1. The summed E-state index contributed by atoms with van der Waals surface area (Å²) in [6, 6.07) is 12.9. The van der Waals surface area contributed by atoms with E-state index in [0.29, 0.717) is 17.0 Å². The number of para-hydroxylation sites is 1. The summed E-state index contributed by atoms with van der Waals surface area (Å²) in [4.78, 5) is 21.0. The van der Waals surface area contributed by atoms with Gasteiger partial charge in [-0.2, -0.15) is 5.10 Å². The van der Waals surface area contributed by atoms with E-state index in [9.17, 15) is 4.79 Å². The Morgan fingerprint density at radius 1 is 0.955 bits per heavy atom. The van der Waals surface area contributed by atoms with Gasteiger partial charge in [0.25, 0.3) is 5.91 Å². The van der Waals surface area contributed by atoms with E-state index in [1.54, 1.807) is 30.7 Å². The zero-order valence-corrected chi connectivity index (χ0v) is 11.5. The summed E-state index contributed by atoms with van der Waals surface area (Å²) in [7, 11) is 0. The number of carbonyl (C=O) groups is 1. The molecule has 0 unspecified atom stereocenters. The number of benzene rings is 1. The molecule has 22 heavy (non-hydrogen) atoms. The average Bonchev–Trinajstić information content (AvgIpc) is 3.03. The Bertz CT molecular complexity index is 987. The highest BCUT2D eigenvalue weighted by Crippen LogP contribution is 2.21. The summed E-state index contributed by atoms with van der Waals surface area (Å²) in [5.74, 6) is -0.255. The van der Waals surface area contributed by atoms with Crippen molar-refractivity contribution in [3.63, 3.8) is 0 Å². The van der Waals surface area contributed by atoms with Gasteiger partial charge in [-0.15, -0.1) is 0 Å². The average molecular weight is 289 g/mol. The van der Waals surface area contributed by atoms with Crippen molar-refractivity contribution in [1.82, 2.24) is 19.6 Å². The number of nitrogens with zero attached hydrogens (tertiary/aromatic N) is 4. The normalized spacial score (nSPS) is 10.9. The highest BCUT2D eigenvalue weighted by atomic mass is 16.2. The van der Waals surface area contributed by atoms with Crippen molar-refractivity contribution < 1.29 is 4.79 Å². The van der Waals surface area contributed by atoms with Crippen molar-refractivity contribution in [2.75, 3.05) is 5.32 Å². The minimum absolute atomic E-state index is 0.255.